The van der Waals surface area contributed by atoms with Gasteiger partial charge in [-0.2, -0.15) is 0 Å². The molecular formula is C22H35NO2. The number of aliphatic hydroxyl groups is 2. The van der Waals surface area contributed by atoms with E-state index < -0.39 is 0 Å². The first kappa shape index (κ1) is 16.8. The van der Waals surface area contributed by atoms with Gasteiger partial charge in [0.2, 0.25) is 0 Å². The second-order valence-electron chi connectivity index (χ2n) is 10.5. The minimum Gasteiger partial charge on any atom is -0.395 e. The summed E-state index contributed by atoms with van der Waals surface area (Å²) in [6.45, 7) is 10.3. The highest BCUT2D eigenvalue weighted by Crippen LogP contribution is 2.73. The minimum absolute atomic E-state index is 0.114. The molecule has 0 amide bonds. The van der Waals surface area contributed by atoms with Crippen LogP contribution in [0.1, 0.15) is 58.3 Å². The van der Waals surface area contributed by atoms with Gasteiger partial charge >= 0.3 is 0 Å². The first-order valence-electron chi connectivity index (χ1n) is 10.7. The molecule has 1 heterocycles. The zero-order valence-corrected chi connectivity index (χ0v) is 15.8. The predicted octanol–water partition coefficient (Wildman–Crippen LogP) is 3.21. The van der Waals surface area contributed by atoms with E-state index in [1.54, 1.807) is 0 Å². The fourth-order valence-electron chi connectivity index (χ4n) is 8.86. The van der Waals surface area contributed by atoms with E-state index in [4.69, 9.17) is 0 Å². The highest BCUT2D eigenvalue weighted by molar-refractivity contribution is 5.27. The lowest BCUT2D eigenvalue weighted by Crippen LogP contribution is -2.71. The summed E-state index contributed by atoms with van der Waals surface area (Å²) in [5.41, 5.74) is 2.05. The fourth-order valence-corrected chi connectivity index (χ4v) is 8.86. The van der Waals surface area contributed by atoms with Gasteiger partial charge in [0.25, 0.3) is 0 Å². The molecule has 0 aromatic carbocycles. The number of nitrogens with zero attached hydrogens (tertiary/aromatic N) is 1. The standard InChI is InChI=1S/C22H35NO2/c1-15-16-4-8-21(19(15)25)9-5-17-20(2)6-3-7-22(17,18(21)12-16)14-23(13-20)10-11-24/h16-19,24-25H,1,3-14H2,2H3/t16-,17+,18+,19-,20-,21-,22-/m0/s1. The van der Waals surface area contributed by atoms with Crippen molar-refractivity contribution in [1.29, 1.82) is 0 Å². The molecule has 2 N–H and O–H groups in total. The highest BCUT2D eigenvalue weighted by atomic mass is 16.3. The van der Waals surface area contributed by atoms with E-state index in [1.807, 2.05) is 0 Å². The molecule has 6 fully saturated rings. The van der Waals surface area contributed by atoms with Gasteiger partial charge in [-0.3, -0.25) is 4.90 Å². The van der Waals surface area contributed by atoms with E-state index in [0.717, 1.165) is 24.6 Å². The van der Waals surface area contributed by atoms with Crippen LogP contribution in [-0.4, -0.2) is 47.5 Å². The maximum Gasteiger partial charge on any atom is 0.0809 e. The summed E-state index contributed by atoms with van der Waals surface area (Å²) in [5.74, 6) is 2.04. The molecule has 5 aliphatic carbocycles. The predicted molar refractivity (Wildman–Crippen MR) is 99.1 cm³/mol. The Labute approximate surface area is 152 Å². The van der Waals surface area contributed by atoms with Crippen LogP contribution >= 0.6 is 0 Å². The number of hydrogen-bond donors (Lipinski definition) is 2. The summed E-state index contributed by atoms with van der Waals surface area (Å²) in [5, 5.41) is 20.8. The molecule has 3 nitrogen and oxygen atoms in total. The Morgan fingerprint density at radius 1 is 1.08 bits per heavy atom. The Bertz CT molecular complexity index is 591. The number of aliphatic hydroxyl groups excluding tert-OH is 2. The van der Waals surface area contributed by atoms with Crippen LogP contribution < -0.4 is 0 Å². The maximum atomic E-state index is 11.2. The van der Waals surface area contributed by atoms with Crippen LogP contribution in [0.15, 0.2) is 12.2 Å². The van der Waals surface area contributed by atoms with Crippen molar-refractivity contribution in [2.45, 2.75) is 64.4 Å². The first-order valence-corrected chi connectivity index (χ1v) is 10.7. The third-order valence-electron chi connectivity index (χ3n) is 9.63. The van der Waals surface area contributed by atoms with E-state index in [9.17, 15) is 10.2 Å². The van der Waals surface area contributed by atoms with Crippen molar-refractivity contribution in [3.05, 3.63) is 12.2 Å². The monoisotopic (exact) mass is 345 g/mol. The number of likely N-dealkylation sites (tertiary alicyclic amines) is 1. The summed E-state index contributed by atoms with van der Waals surface area (Å²) in [4.78, 5) is 2.57. The van der Waals surface area contributed by atoms with Gasteiger partial charge in [-0.05, 0) is 79.1 Å². The molecule has 6 rings (SSSR count). The van der Waals surface area contributed by atoms with Gasteiger partial charge in [0.1, 0.15) is 0 Å². The van der Waals surface area contributed by atoms with Crippen molar-refractivity contribution in [3.63, 3.8) is 0 Å². The molecular weight excluding hydrogens is 310 g/mol. The molecule has 140 valence electrons. The molecule has 0 aromatic rings. The van der Waals surface area contributed by atoms with Gasteiger partial charge in [-0.1, -0.05) is 19.9 Å². The van der Waals surface area contributed by atoms with Crippen LogP contribution in [0.25, 0.3) is 0 Å². The molecule has 4 bridgehead atoms. The summed E-state index contributed by atoms with van der Waals surface area (Å²) in [7, 11) is 0. The van der Waals surface area contributed by atoms with Crippen LogP contribution in [0.5, 0.6) is 0 Å². The number of piperidine rings is 1. The van der Waals surface area contributed by atoms with Crippen molar-refractivity contribution in [2.24, 2.45) is 34.0 Å². The van der Waals surface area contributed by atoms with Crippen LogP contribution in [0.4, 0.5) is 0 Å². The smallest absolute Gasteiger partial charge is 0.0809 e. The van der Waals surface area contributed by atoms with Crippen molar-refractivity contribution >= 4 is 0 Å². The Kier molecular flexibility index (Phi) is 3.57. The molecule has 7 atom stereocenters. The molecule has 1 aliphatic heterocycles. The normalized spacial score (nSPS) is 54.9. The van der Waals surface area contributed by atoms with Gasteiger partial charge < -0.3 is 10.2 Å². The fraction of sp³-hybridized carbons (Fsp3) is 0.909. The van der Waals surface area contributed by atoms with Gasteiger partial charge in [0.05, 0.1) is 12.7 Å². The third-order valence-corrected chi connectivity index (χ3v) is 9.63. The van der Waals surface area contributed by atoms with E-state index in [-0.39, 0.29) is 18.1 Å². The van der Waals surface area contributed by atoms with E-state index in [1.165, 1.54) is 57.9 Å². The van der Waals surface area contributed by atoms with Crippen molar-refractivity contribution in [2.75, 3.05) is 26.2 Å². The summed E-state index contributed by atoms with van der Waals surface area (Å²) >= 11 is 0. The summed E-state index contributed by atoms with van der Waals surface area (Å²) in [6.07, 6.45) is 10.0. The number of hydrogen-bond acceptors (Lipinski definition) is 3. The highest BCUT2D eigenvalue weighted by Gasteiger charge is 2.69. The maximum absolute atomic E-state index is 11.2. The van der Waals surface area contributed by atoms with Crippen molar-refractivity contribution in [3.8, 4) is 0 Å². The van der Waals surface area contributed by atoms with E-state index in [2.05, 4.69) is 18.4 Å². The summed E-state index contributed by atoms with van der Waals surface area (Å²) in [6, 6.07) is 0. The topological polar surface area (TPSA) is 43.7 Å². The Hall–Kier alpha value is -0.380. The zero-order valence-electron chi connectivity index (χ0n) is 15.8. The molecule has 3 heteroatoms. The molecule has 25 heavy (non-hydrogen) atoms. The molecule has 1 spiro atoms. The second kappa shape index (κ2) is 5.33. The Morgan fingerprint density at radius 2 is 1.88 bits per heavy atom. The average molecular weight is 346 g/mol. The van der Waals surface area contributed by atoms with Crippen molar-refractivity contribution < 1.29 is 10.2 Å². The molecule has 5 saturated carbocycles. The molecule has 1 saturated heterocycles. The lowest BCUT2D eigenvalue weighted by molar-refractivity contribution is -0.240. The van der Waals surface area contributed by atoms with E-state index >= 15 is 0 Å². The van der Waals surface area contributed by atoms with Gasteiger partial charge in [0, 0.05) is 25.0 Å². The quantitative estimate of drug-likeness (QED) is 0.755. The summed E-state index contributed by atoms with van der Waals surface area (Å²) < 4.78 is 0. The molecule has 6 aliphatic rings. The van der Waals surface area contributed by atoms with Crippen LogP contribution in [0.3, 0.4) is 0 Å². The second-order valence-corrected chi connectivity index (χ2v) is 10.5. The van der Waals surface area contributed by atoms with Gasteiger partial charge in [-0.15, -0.1) is 0 Å². The Balaban J connectivity index is 1.59. The zero-order chi connectivity index (χ0) is 17.4. The minimum atomic E-state index is -0.262. The number of fused-ring (bicyclic) bond motifs is 2. The first-order chi connectivity index (χ1) is 12.0. The largest absolute Gasteiger partial charge is 0.395 e. The number of β-amino-alcohol motifs (C(OH)–C–C–N with tert-alkyl or cyclic N) is 1. The third kappa shape index (κ3) is 1.98. The van der Waals surface area contributed by atoms with Crippen molar-refractivity contribution in [1.82, 2.24) is 4.90 Å². The Morgan fingerprint density at radius 3 is 2.68 bits per heavy atom. The van der Waals surface area contributed by atoms with Gasteiger partial charge in [-0.25, -0.2) is 0 Å². The van der Waals surface area contributed by atoms with Crippen LogP contribution in [-0.2, 0) is 0 Å². The average Bonchev–Trinajstić information content (AvgIpc) is 2.58. The molecule has 0 aromatic heterocycles. The lowest BCUT2D eigenvalue weighted by Gasteiger charge is -2.73. The SMILES string of the molecule is C=C1[C@H]2CC[C@@]3(CC[C@@H]4[C@@]5(C)CCC[C@@]4(CN(CCO)C5)[C@@H]3C2)[C@H]1O. The van der Waals surface area contributed by atoms with Gasteiger partial charge in [0.15, 0.2) is 0 Å². The van der Waals surface area contributed by atoms with Crippen LogP contribution in [0.2, 0.25) is 0 Å². The van der Waals surface area contributed by atoms with Crippen LogP contribution in [0, 0.1) is 34.0 Å². The molecule has 0 unspecified atom stereocenters. The lowest BCUT2D eigenvalue weighted by atomic mass is 9.35. The number of rotatable bonds is 2. The molecule has 0 radical (unpaired) electrons. The van der Waals surface area contributed by atoms with E-state index in [0.29, 0.717) is 22.7 Å².